The molecule has 0 saturated carbocycles. The Labute approximate surface area is 681 Å². The Kier molecular flexibility index (Phi) is 33.1. The van der Waals surface area contributed by atoms with Crippen LogP contribution in [0.5, 0.6) is 23.0 Å². The molecular weight excluding hydrogens is 1470 g/mol. The Morgan fingerprint density at radius 3 is 0.810 bits per heavy atom. The maximum absolute atomic E-state index is 8.12. The van der Waals surface area contributed by atoms with Crippen molar-refractivity contribution in [3.05, 3.63) is 178 Å². The van der Waals surface area contributed by atoms with Crippen LogP contribution in [0.1, 0.15) is 163 Å². The van der Waals surface area contributed by atoms with Crippen LogP contribution < -0.4 is 18.9 Å². The Morgan fingerprint density at radius 2 is 0.595 bits per heavy atom. The second kappa shape index (κ2) is 42.9. The molecule has 0 bridgehead atoms. The van der Waals surface area contributed by atoms with Gasteiger partial charge in [0.15, 0.2) is 0 Å². The van der Waals surface area contributed by atoms with Crippen LogP contribution in [0.4, 0.5) is 0 Å². The summed E-state index contributed by atoms with van der Waals surface area (Å²) in [6.45, 7) is 29.0. The van der Waals surface area contributed by atoms with E-state index in [2.05, 4.69) is 173 Å². The third-order valence-electron chi connectivity index (χ3n) is 25.7. The first-order valence-corrected chi connectivity index (χ1v) is 40.4. The molecule has 12 atom stereocenters. The van der Waals surface area contributed by atoms with Crippen LogP contribution in [0.3, 0.4) is 0 Å². The van der Waals surface area contributed by atoms with Crippen LogP contribution in [0, 0.1) is 47.3 Å². The number of allylic oxidation sites excluding steroid dienone is 4. The van der Waals surface area contributed by atoms with E-state index >= 15 is 0 Å². The summed E-state index contributed by atoms with van der Waals surface area (Å²) in [4.78, 5) is 90.6. The van der Waals surface area contributed by atoms with Crippen LogP contribution in [-0.4, -0.2) is 173 Å². The van der Waals surface area contributed by atoms with Gasteiger partial charge in [-0.3, -0.25) is 19.6 Å². The SMILES string of the molecule is C=C[C@H]1CN2CCc3c([nH]c4cccc(OC)c34)[C@@H]2C[C@@H]1/C(C)=C\OC.CC[C@@H]1CN2CCc3c([nH]c4cccc(OC)c34)[C@@H]2C[C@@H]1/C(C)=C\OC.CC[C@@H]1CN2CCc3c([nH]c4cccc(OC)c34)[C@H]2C[C@@H]1/C(C)=C\OC.CC[C@H]1CN2CCc3c([nH]c4cccc(OC)c34)[C@@H]2C[C@@H]1/C(C)=C\OC.O=C=O.O=C=O.O=C=O.O=C=O. The molecule has 24 nitrogen and oxygen atoms in total. The summed E-state index contributed by atoms with van der Waals surface area (Å²) >= 11 is 0. The highest BCUT2D eigenvalue weighted by molar-refractivity contribution is 5.94. The number of aromatic nitrogens is 4. The molecule has 16 rings (SSSR count). The molecule has 8 aliphatic heterocycles. The maximum Gasteiger partial charge on any atom is 0.373 e. The van der Waals surface area contributed by atoms with Gasteiger partial charge in [0.1, 0.15) is 23.0 Å². The summed E-state index contributed by atoms with van der Waals surface area (Å²) in [7, 11) is 14.0. The van der Waals surface area contributed by atoms with Crippen molar-refractivity contribution in [2.45, 2.75) is 143 Å². The van der Waals surface area contributed by atoms with Crippen molar-refractivity contribution in [3.63, 3.8) is 0 Å². The van der Waals surface area contributed by atoms with E-state index < -0.39 is 0 Å². The number of nitrogens with zero attached hydrogens (tertiary/aromatic N) is 4. The molecule has 4 saturated heterocycles. The zero-order chi connectivity index (χ0) is 83.9. The third-order valence-corrected chi connectivity index (χ3v) is 25.7. The maximum atomic E-state index is 8.12. The molecular formula is C92H118N8O16. The molecule has 4 aromatic heterocycles. The summed E-state index contributed by atoms with van der Waals surface area (Å²) in [5.74, 6) is 8.75. The van der Waals surface area contributed by atoms with E-state index in [-0.39, 0.29) is 24.6 Å². The molecule has 12 heterocycles. The van der Waals surface area contributed by atoms with Crippen molar-refractivity contribution in [1.29, 1.82) is 0 Å². The zero-order valence-corrected chi connectivity index (χ0v) is 70.2. The molecule has 24 heteroatoms. The number of benzene rings is 4. The number of rotatable bonds is 16. The number of H-pyrrole nitrogens is 4. The monoisotopic (exact) mass is 1590 g/mol. The molecule has 0 aliphatic carbocycles. The fourth-order valence-electron chi connectivity index (χ4n) is 20.5. The van der Waals surface area contributed by atoms with Crippen molar-refractivity contribution in [3.8, 4) is 23.0 Å². The van der Waals surface area contributed by atoms with E-state index in [1.165, 1.54) is 150 Å². The zero-order valence-electron chi connectivity index (χ0n) is 70.2. The number of methoxy groups -OCH3 is 8. The molecule has 8 aliphatic rings. The molecule has 622 valence electrons. The molecule has 8 aromatic rings. The third kappa shape index (κ3) is 19.3. The van der Waals surface area contributed by atoms with Crippen LogP contribution in [0.2, 0.25) is 0 Å². The predicted octanol–water partition coefficient (Wildman–Crippen LogP) is 16.1. The molecule has 4 N–H and O–H groups in total. The molecule has 4 aromatic carbocycles. The molecule has 0 unspecified atom stereocenters. The van der Waals surface area contributed by atoms with E-state index in [4.69, 9.17) is 76.3 Å². The first kappa shape index (κ1) is 89.4. The number of fused-ring (bicyclic) bond motifs is 20. The number of ether oxygens (including phenoxy) is 8. The minimum absolute atomic E-state index is 0.250. The van der Waals surface area contributed by atoms with Gasteiger partial charge in [0.05, 0.1) is 106 Å². The molecule has 0 spiro atoms. The lowest BCUT2D eigenvalue weighted by atomic mass is 9.74. The fraction of sp³-hybridized carbons (Fsp3) is 0.500. The Morgan fingerprint density at radius 1 is 0.371 bits per heavy atom. The van der Waals surface area contributed by atoms with Gasteiger partial charge >= 0.3 is 24.6 Å². The Hall–Kier alpha value is -10.5. The van der Waals surface area contributed by atoms with Crippen LogP contribution >= 0.6 is 0 Å². The number of piperidine rings is 4. The number of aromatic amines is 4. The normalized spacial score (nSPS) is 24.0. The summed E-state index contributed by atoms with van der Waals surface area (Å²) in [5.41, 5.74) is 21.6. The van der Waals surface area contributed by atoms with Crippen LogP contribution in [0.15, 0.2) is 133 Å². The van der Waals surface area contributed by atoms with Crippen molar-refractivity contribution in [2.24, 2.45) is 47.3 Å². The lowest BCUT2D eigenvalue weighted by molar-refractivity contribution is -0.193. The van der Waals surface area contributed by atoms with Crippen molar-refractivity contribution in [1.82, 2.24) is 39.5 Å². The highest BCUT2D eigenvalue weighted by atomic mass is 16.5. The van der Waals surface area contributed by atoms with E-state index in [1.807, 2.05) is 25.0 Å². The van der Waals surface area contributed by atoms with Gasteiger partial charge in [-0.25, -0.2) is 0 Å². The summed E-state index contributed by atoms with van der Waals surface area (Å²) in [5, 5.41) is 5.10. The van der Waals surface area contributed by atoms with E-state index in [1.54, 1.807) is 56.9 Å². The summed E-state index contributed by atoms with van der Waals surface area (Å²) in [6.07, 6.45) is 23.4. The Bertz CT molecular complexity index is 4500. The molecule has 116 heavy (non-hydrogen) atoms. The van der Waals surface area contributed by atoms with Gasteiger partial charge in [-0.1, -0.05) is 70.4 Å². The number of hydrogen-bond acceptors (Lipinski definition) is 20. The number of carbonyl (C=O) groups excluding carboxylic acids is 8. The average molecular weight is 1590 g/mol. The van der Waals surface area contributed by atoms with Crippen LogP contribution in [-0.2, 0) is 83.0 Å². The van der Waals surface area contributed by atoms with Gasteiger partial charge in [-0.15, -0.1) is 6.58 Å². The highest BCUT2D eigenvalue weighted by Gasteiger charge is 2.45. The van der Waals surface area contributed by atoms with E-state index in [9.17, 15) is 0 Å². The first-order chi connectivity index (χ1) is 56.3. The van der Waals surface area contributed by atoms with Crippen molar-refractivity contribution in [2.75, 3.05) is 109 Å². The van der Waals surface area contributed by atoms with Gasteiger partial charge in [0.25, 0.3) is 0 Å². The van der Waals surface area contributed by atoms with E-state index in [0.717, 1.165) is 107 Å². The minimum Gasteiger partial charge on any atom is -0.504 e. The van der Waals surface area contributed by atoms with E-state index in [0.29, 0.717) is 71.5 Å². The molecule has 0 amide bonds. The van der Waals surface area contributed by atoms with Crippen LogP contribution in [0.25, 0.3) is 43.6 Å². The standard InChI is InChI=1S/3C22H30N2O2.C22H28N2O2.4CO2/c4*1-5-15-12-24-10-9-16-21-18(7-6-8-20(21)26-4)23-22(16)19(24)11-17(15)14(2)13-25-3;4*2-1-3/h3*6-8,13,15,17,19,23H,5,9-12H2,1-4H3;5-8,13,15,17,19,23H,1,9-12H2,2-4H3;;;;/b4*14-13-;;;;/t15-,17+,19-;15-,17-,19+;15-,17-,19-;15-,17+,19-;;;;/m0110..../s1. The summed E-state index contributed by atoms with van der Waals surface area (Å²) < 4.78 is 43.9. The van der Waals surface area contributed by atoms with Gasteiger partial charge in [0.2, 0.25) is 0 Å². The van der Waals surface area contributed by atoms with Gasteiger partial charge in [-0.05, 0) is 219 Å². The second-order valence-corrected chi connectivity index (χ2v) is 31.1. The van der Waals surface area contributed by atoms with Gasteiger partial charge in [0, 0.05) is 119 Å². The van der Waals surface area contributed by atoms with Gasteiger partial charge < -0.3 is 57.8 Å². The smallest absolute Gasteiger partial charge is 0.373 e. The Balaban J connectivity index is 0.000000169. The number of nitrogens with one attached hydrogen (secondary N) is 4. The fourth-order valence-corrected chi connectivity index (χ4v) is 20.5. The van der Waals surface area contributed by atoms with Crippen molar-refractivity contribution < 1.29 is 76.3 Å². The second-order valence-electron chi connectivity index (χ2n) is 31.1. The lowest BCUT2D eigenvalue weighted by Gasteiger charge is -2.46. The quantitative estimate of drug-likeness (QED) is 0.0516. The summed E-state index contributed by atoms with van der Waals surface area (Å²) in [6, 6.07) is 27.0. The first-order valence-electron chi connectivity index (χ1n) is 40.4. The molecule has 4 fully saturated rings. The average Bonchev–Trinajstić information content (AvgIpc) is 1.60. The topological polar surface area (TPSA) is 287 Å². The predicted molar refractivity (Wildman–Crippen MR) is 442 cm³/mol. The number of hydrogen-bond donors (Lipinski definition) is 4. The lowest BCUT2D eigenvalue weighted by Crippen LogP contribution is -2.46. The molecule has 0 radical (unpaired) electrons. The minimum atomic E-state index is 0.250. The highest BCUT2D eigenvalue weighted by Crippen LogP contribution is 2.52. The van der Waals surface area contributed by atoms with Crippen molar-refractivity contribution >= 4 is 68.2 Å². The van der Waals surface area contributed by atoms with Gasteiger partial charge in [-0.2, -0.15) is 38.4 Å². The largest absolute Gasteiger partial charge is 0.504 e.